The molecule has 1 aromatic heterocycles. The number of hydrogen-bond donors (Lipinski definition) is 2. The van der Waals surface area contributed by atoms with Crippen LogP contribution in [0.2, 0.25) is 0 Å². The largest absolute Gasteiger partial charge is 0.484 e. The van der Waals surface area contributed by atoms with E-state index in [1.165, 1.54) is 12.3 Å². The SMILES string of the molecule is Cc1occc1C(=O)NNC(=O)COc1cccc(C(C)C)c1. The maximum Gasteiger partial charge on any atom is 0.276 e. The maximum absolute atomic E-state index is 11.8. The van der Waals surface area contributed by atoms with Crippen LogP contribution in [0.25, 0.3) is 0 Å². The highest BCUT2D eigenvalue weighted by atomic mass is 16.5. The summed E-state index contributed by atoms with van der Waals surface area (Å²) in [5, 5.41) is 0. The third-order valence-electron chi connectivity index (χ3n) is 3.31. The molecule has 2 aromatic rings. The van der Waals surface area contributed by atoms with Gasteiger partial charge in [0, 0.05) is 0 Å². The summed E-state index contributed by atoms with van der Waals surface area (Å²) in [7, 11) is 0. The predicted octanol–water partition coefficient (Wildman–Crippen LogP) is 2.55. The summed E-state index contributed by atoms with van der Waals surface area (Å²) in [5.41, 5.74) is 6.12. The van der Waals surface area contributed by atoms with Gasteiger partial charge in [-0.2, -0.15) is 0 Å². The minimum absolute atomic E-state index is 0.188. The van der Waals surface area contributed by atoms with Crippen LogP contribution in [0.5, 0.6) is 5.75 Å². The van der Waals surface area contributed by atoms with E-state index in [9.17, 15) is 9.59 Å². The summed E-state index contributed by atoms with van der Waals surface area (Å²) in [5.74, 6) is 0.590. The number of amides is 2. The fourth-order valence-electron chi connectivity index (χ4n) is 1.96. The van der Waals surface area contributed by atoms with E-state index in [0.29, 0.717) is 23.0 Å². The number of aryl methyl sites for hydroxylation is 1. The molecule has 0 spiro atoms. The average Bonchev–Trinajstić information content (AvgIpc) is 2.97. The molecule has 6 heteroatoms. The lowest BCUT2D eigenvalue weighted by atomic mass is 10.0. The molecule has 0 saturated carbocycles. The second-order valence-corrected chi connectivity index (χ2v) is 5.41. The number of benzene rings is 1. The molecule has 0 saturated heterocycles. The van der Waals surface area contributed by atoms with Gasteiger partial charge < -0.3 is 9.15 Å². The smallest absolute Gasteiger partial charge is 0.276 e. The molecule has 6 nitrogen and oxygen atoms in total. The van der Waals surface area contributed by atoms with Gasteiger partial charge in [-0.15, -0.1) is 0 Å². The van der Waals surface area contributed by atoms with Crippen LogP contribution >= 0.6 is 0 Å². The topological polar surface area (TPSA) is 80.6 Å². The van der Waals surface area contributed by atoms with E-state index in [1.54, 1.807) is 13.0 Å². The first-order chi connectivity index (χ1) is 11.0. The average molecular weight is 316 g/mol. The van der Waals surface area contributed by atoms with Crippen molar-refractivity contribution in [2.24, 2.45) is 0 Å². The number of carbonyl (C=O) groups is 2. The Kier molecular flexibility index (Phi) is 5.41. The highest BCUT2D eigenvalue weighted by Gasteiger charge is 2.12. The number of furan rings is 1. The van der Waals surface area contributed by atoms with Crippen molar-refractivity contribution >= 4 is 11.8 Å². The van der Waals surface area contributed by atoms with Crippen LogP contribution in [-0.2, 0) is 4.79 Å². The van der Waals surface area contributed by atoms with E-state index < -0.39 is 11.8 Å². The Hall–Kier alpha value is -2.76. The van der Waals surface area contributed by atoms with Gasteiger partial charge in [-0.05, 0) is 36.6 Å². The molecule has 2 amide bonds. The lowest BCUT2D eigenvalue weighted by molar-refractivity contribution is -0.123. The predicted molar refractivity (Wildman–Crippen MR) is 85.1 cm³/mol. The summed E-state index contributed by atoms with van der Waals surface area (Å²) in [6.45, 7) is 5.65. The number of nitrogens with one attached hydrogen (secondary N) is 2. The molecule has 0 atom stereocenters. The lowest BCUT2D eigenvalue weighted by Crippen LogP contribution is -2.43. The Morgan fingerprint density at radius 3 is 2.65 bits per heavy atom. The fraction of sp³-hybridized carbons (Fsp3) is 0.294. The second-order valence-electron chi connectivity index (χ2n) is 5.41. The van der Waals surface area contributed by atoms with E-state index in [-0.39, 0.29) is 6.61 Å². The van der Waals surface area contributed by atoms with Gasteiger partial charge >= 0.3 is 0 Å². The molecule has 0 aliphatic heterocycles. The van der Waals surface area contributed by atoms with Crippen LogP contribution in [0.15, 0.2) is 41.0 Å². The molecule has 0 unspecified atom stereocenters. The highest BCUT2D eigenvalue weighted by molar-refractivity contribution is 5.96. The van der Waals surface area contributed by atoms with E-state index in [0.717, 1.165) is 5.56 Å². The van der Waals surface area contributed by atoms with E-state index in [2.05, 4.69) is 24.7 Å². The summed E-state index contributed by atoms with van der Waals surface area (Å²) in [4.78, 5) is 23.5. The Balaban J connectivity index is 1.80. The molecule has 0 aliphatic rings. The second kappa shape index (κ2) is 7.49. The van der Waals surface area contributed by atoms with Crippen LogP contribution in [0.1, 0.15) is 41.4 Å². The number of rotatable bonds is 5. The highest BCUT2D eigenvalue weighted by Crippen LogP contribution is 2.19. The monoisotopic (exact) mass is 316 g/mol. The Labute approximate surface area is 134 Å². The van der Waals surface area contributed by atoms with Crippen LogP contribution < -0.4 is 15.6 Å². The van der Waals surface area contributed by atoms with Crippen LogP contribution in [-0.4, -0.2) is 18.4 Å². The van der Waals surface area contributed by atoms with E-state index in [1.807, 2.05) is 18.2 Å². The zero-order valence-electron chi connectivity index (χ0n) is 13.4. The third-order valence-corrected chi connectivity index (χ3v) is 3.31. The van der Waals surface area contributed by atoms with Crippen molar-refractivity contribution in [3.63, 3.8) is 0 Å². The molecule has 1 aromatic carbocycles. The van der Waals surface area contributed by atoms with Crippen LogP contribution in [0.3, 0.4) is 0 Å². The number of carbonyl (C=O) groups excluding carboxylic acids is 2. The van der Waals surface area contributed by atoms with Crippen molar-refractivity contribution in [1.82, 2.24) is 10.9 Å². The molecule has 122 valence electrons. The van der Waals surface area contributed by atoms with Gasteiger partial charge in [0.2, 0.25) is 0 Å². The Morgan fingerprint density at radius 1 is 1.22 bits per heavy atom. The maximum atomic E-state index is 11.8. The van der Waals surface area contributed by atoms with Crippen molar-refractivity contribution in [2.45, 2.75) is 26.7 Å². The van der Waals surface area contributed by atoms with Gasteiger partial charge in [-0.25, -0.2) is 0 Å². The minimum Gasteiger partial charge on any atom is -0.484 e. The first-order valence-corrected chi connectivity index (χ1v) is 7.33. The van der Waals surface area contributed by atoms with Crippen molar-refractivity contribution in [3.05, 3.63) is 53.5 Å². The molecular formula is C17H20N2O4. The Bertz CT molecular complexity index is 691. The van der Waals surface area contributed by atoms with Gasteiger partial charge in [0.1, 0.15) is 11.5 Å². The van der Waals surface area contributed by atoms with Gasteiger partial charge in [-0.1, -0.05) is 26.0 Å². The van der Waals surface area contributed by atoms with Gasteiger partial charge in [-0.3, -0.25) is 20.4 Å². The van der Waals surface area contributed by atoms with Crippen molar-refractivity contribution in [3.8, 4) is 5.75 Å². The standard InChI is InChI=1S/C17H20N2O4/c1-11(2)13-5-4-6-14(9-13)23-10-16(20)18-19-17(21)15-7-8-22-12(15)3/h4-9,11H,10H2,1-3H3,(H,18,20)(H,19,21). The van der Waals surface area contributed by atoms with Gasteiger partial charge in [0.15, 0.2) is 6.61 Å². The van der Waals surface area contributed by atoms with E-state index in [4.69, 9.17) is 9.15 Å². The Morgan fingerprint density at radius 2 is 2.00 bits per heavy atom. The fourth-order valence-corrected chi connectivity index (χ4v) is 1.96. The molecule has 2 rings (SSSR count). The zero-order chi connectivity index (χ0) is 16.8. The first-order valence-electron chi connectivity index (χ1n) is 7.33. The van der Waals surface area contributed by atoms with Crippen molar-refractivity contribution in [2.75, 3.05) is 6.61 Å². The normalized spacial score (nSPS) is 10.4. The molecule has 2 N–H and O–H groups in total. The van der Waals surface area contributed by atoms with Crippen molar-refractivity contribution < 1.29 is 18.7 Å². The summed E-state index contributed by atoms with van der Waals surface area (Å²) in [6, 6.07) is 9.10. The first kappa shape index (κ1) is 16.6. The molecule has 0 radical (unpaired) electrons. The van der Waals surface area contributed by atoms with Crippen molar-refractivity contribution in [1.29, 1.82) is 0 Å². The quantitative estimate of drug-likeness (QED) is 0.831. The molecule has 0 aliphatic carbocycles. The number of hydrazine groups is 1. The summed E-state index contributed by atoms with van der Waals surface area (Å²) < 4.78 is 10.5. The zero-order valence-corrected chi connectivity index (χ0v) is 13.4. The molecule has 0 bridgehead atoms. The number of hydrogen-bond acceptors (Lipinski definition) is 4. The molecule has 23 heavy (non-hydrogen) atoms. The number of ether oxygens (including phenoxy) is 1. The molecule has 0 fully saturated rings. The summed E-state index contributed by atoms with van der Waals surface area (Å²) in [6.07, 6.45) is 1.41. The van der Waals surface area contributed by atoms with Gasteiger partial charge in [0.05, 0.1) is 11.8 Å². The molecular weight excluding hydrogens is 296 g/mol. The summed E-state index contributed by atoms with van der Waals surface area (Å²) >= 11 is 0. The lowest BCUT2D eigenvalue weighted by Gasteiger charge is -2.10. The minimum atomic E-state index is -0.450. The third kappa shape index (κ3) is 4.60. The van der Waals surface area contributed by atoms with E-state index >= 15 is 0 Å². The van der Waals surface area contributed by atoms with Crippen LogP contribution in [0.4, 0.5) is 0 Å². The molecule has 1 heterocycles. The van der Waals surface area contributed by atoms with Crippen LogP contribution in [0, 0.1) is 6.92 Å². The van der Waals surface area contributed by atoms with Gasteiger partial charge in [0.25, 0.3) is 11.8 Å².